The molecule has 0 amide bonds. The number of thiophene rings is 1. The van der Waals surface area contributed by atoms with E-state index in [9.17, 15) is 5.11 Å². The van der Waals surface area contributed by atoms with Gasteiger partial charge in [-0.05, 0) is 43.1 Å². The van der Waals surface area contributed by atoms with Gasteiger partial charge in [0.05, 0.1) is 11.1 Å². The standard InChI is InChI=1S/C13H19ClOS/c1-8-3-9(2)5-10(4-8)13(15)12-6-11(14)7-16-12/h6-10,13,15H,3-5H2,1-2H3. The molecule has 1 N–H and O–H groups in total. The van der Waals surface area contributed by atoms with Crippen molar-refractivity contribution in [2.45, 2.75) is 39.2 Å². The summed E-state index contributed by atoms with van der Waals surface area (Å²) < 4.78 is 0. The summed E-state index contributed by atoms with van der Waals surface area (Å²) in [6, 6.07) is 1.90. The van der Waals surface area contributed by atoms with Crippen LogP contribution >= 0.6 is 22.9 Å². The van der Waals surface area contributed by atoms with Gasteiger partial charge < -0.3 is 5.11 Å². The molecule has 0 spiro atoms. The third-order valence-corrected chi connectivity index (χ3v) is 4.89. The zero-order chi connectivity index (χ0) is 11.7. The van der Waals surface area contributed by atoms with Crippen LogP contribution in [-0.2, 0) is 0 Å². The van der Waals surface area contributed by atoms with Crippen LogP contribution in [0.3, 0.4) is 0 Å². The Bertz CT molecular complexity index is 339. The van der Waals surface area contributed by atoms with Crippen molar-refractivity contribution in [2.75, 3.05) is 0 Å². The fourth-order valence-electron chi connectivity index (χ4n) is 2.98. The molecule has 3 atom stereocenters. The average Bonchev–Trinajstić information content (AvgIpc) is 2.62. The molecule has 1 heterocycles. The van der Waals surface area contributed by atoms with E-state index in [4.69, 9.17) is 11.6 Å². The molecular weight excluding hydrogens is 240 g/mol. The molecule has 1 aliphatic carbocycles. The van der Waals surface area contributed by atoms with E-state index in [0.29, 0.717) is 5.92 Å². The van der Waals surface area contributed by atoms with E-state index in [1.165, 1.54) is 6.42 Å². The molecule has 3 unspecified atom stereocenters. The third-order valence-electron chi connectivity index (χ3n) is 3.54. The van der Waals surface area contributed by atoms with Gasteiger partial charge in [-0.25, -0.2) is 0 Å². The SMILES string of the molecule is CC1CC(C)CC(C(O)c2cc(Cl)cs2)C1. The first-order valence-corrected chi connectivity index (χ1v) is 7.24. The van der Waals surface area contributed by atoms with E-state index < -0.39 is 0 Å². The molecular formula is C13H19ClOS. The van der Waals surface area contributed by atoms with Crippen LogP contribution in [0.25, 0.3) is 0 Å². The molecule has 1 aromatic heterocycles. The second-order valence-corrected chi connectivity index (χ2v) is 6.67. The van der Waals surface area contributed by atoms with Crippen LogP contribution in [0, 0.1) is 17.8 Å². The average molecular weight is 259 g/mol. The van der Waals surface area contributed by atoms with Crippen molar-refractivity contribution in [3.05, 3.63) is 21.3 Å². The van der Waals surface area contributed by atoms with Gasteiger partial charge in [-0.1, -0.05) is 25.4 Å². The van der Waals surface area contributed by atoms with Crippen LogP contribution < -0.4 is 0 Å². The molecule has 0 bridgehead atoms. The Hall–Kier alpha value is -0.0500. The summed E-state index contributed by atoms with van der Waals surface area (Å²) >= 11 is 7.47. The van der Waals surface area contributed by atoms with E-state index in [2.05, 4.69) is 13.8 Å². The molecule has 0 saturated heterocycles. The second kappa shape index (κ2) is 5.07. The summed E-state index contributed by atoms with van der Waals surface area (Å²) in [4.78, 5) is 1.02. The van der Waals surface area contributed by atoms with Crippen molar-refractivity contribution in [1.82, 2.24) is 0 Å². The van der Waals surface area contributed by atoms with Crippen molar-refractivity contribution < 1.29 is 5.11 Å². The van der Waals surface area contributed by atoms with Crippen molar-refractivity contribution in [3.8, 4) is 0 Å². The van der Waals surface area contributed by atoms with Gasteiger partial charge in [0.2, 0.25) is 0 Å². The second-order valence-electron chi connectivity index (χ2n) is 5.29. The highest BCUT2D eigenvalue weighted by Crippen LogP contribution is 2.41. The summed E-state index contributed by atoms with van der Waals surface area (Å²) in [6.45, 7) is 4.58. The molecule has 3 heteroatoms. The molecule has 1 nitrogen and oxygen atoms in total. The van der Waals surface area contributed by atoms with E-state index in [1.54, 1.807) is 11.3 Å². The van der Waals surface area contributed by atoms with Gasteiger partial charge in [0.25, 0.3) is 0 Å². The van der Waals surface area contributed by atoms with Crippen LogP contribution in [-0.4, -0.2) is 5.11 Å². The fourth-order valence-corrected chi connectivity index (χ4v) is 4.14. The molecule has 2 rings (SSSR count). The van der Waals surface area contributed by atoms with Crippen molar-refractivity contribution in [1.29, 1.82) is 0 Å². The molecule has 90 valence electrons. The van der Waals surface area contributed by atoms with Gasteiger partial charge in [-0.2, -0.15) is 0 Å². The topological polar surface area (TPSA) is 20.2 Å². The maximum Gasteiger partial charge on any atom is 0.0910 e. The highest BCUT2D eigenvalue weighted by molar-refractivity contribution is 7.10. The monoisotopic (exact) mass is 258 g/mol. The minimum Gasteiger partial charge on any atom is -0.387 e. The van der Waals surface area contributed by atoms with Crippen molar-refractivity contribution in [3.63, 3.8) is 0 Å². The Morgan fingerprint density at radius 3 is 2.44 bits per heavy atom. The summed E-state index contributed by atoms with van der Waals surface area (Å²) in [5, 5.41) is 13.0. The van der Waals surface area contributed by atoms with Gasteiger partial charge in [0.1, 0.15) is 0 Å². The predicted molar refractivity (Wildman–Crippen MR) is 70.0 cm³/mol. The van der Waals surface area contributed by atoms with Crippen LogP contribution in [0.5, 0.6) is 0 Å². The zero-order valence-electron chi connectivity index (χ0n) is 9.82. The van der Waals surface area contributed by atoms with Gasteiger partial charge in [-0.3, -0.25) is 0 Å². The minimum atomic E-state index is -0.317. The van der Waals surface area contributed by atoms with E-state index >= 15 is 0 Å². The molecule has 0 aromatic carbocycles. The lowest BCUT2D eigenvalue weighted by Gasteiger charge is -2.34. The highest BCUT2D eigenvalue weighted by Gasteiger charge is 2.30. The quantitative estimate of drug-likeness (QED) is 0.828. The highest BCUT2D eigenvalue weighted by atomic mass is 35.5. The molecule has 0 aliphatic heterocycles. The lowest BCUT2D eigenvalue weighted by Crippen LogP contribution is -2.24. The first kappa shape index (κ1) is 12.4. The Balaban J connectivity index is 2.06. The molecule has 1 saturated carbocycles. The van der Waals surface area contributed by atoms with E-state index in [0.717, 1.165) is 34.6 Å². The summed E-state index contributed by atoms with van der Waals surface area (Å²) in [5.41, 5.74) is 0. The van der Waals surface area contributed by atoms with Gasteiger partial charge in [0.15, 0.2) is 0 Å². The number of aliphatic hydroxyl groups excluding tert-OH is 1. The smallest absolute Gasteiger partial charge is 0.0910 e. The lowest BCUT2D eigenvalue weighted by atomic mass is 9.74. The summed E-state index contributed by atoms with van der Waals surface area (Å²) in [7, 11) is 0. The molecule has 1 aliphatic rings. The molecule has 16 heavy (non-hydrogen) atoms. The van der Waals surface area contributed by atoms with Crippen molar-refractivity contribution >= 4 is 22.9 Å². The maximum atomic E-state index is 10.3. The van der Waals surface area contributed by atoms with Gasteiger partial charge in [-0.15, -0.1) is 11.3 Å². The van der Waals surface area contributed by atoms with Crippen molar-refractivity contribution in [2.24, 2.45) is 17.8 Å². The number of halogens is 1. The largest absolute Gasteiger partial charge is 0.387 e. The number of hydrogen-bond acceptors (Lipinski definition) is 2. The maximum absolute atomic E-state index is 10.3. The van der Waals surface area contributed by atoms with Crippen LogP contribution in [0.2, 0.25) is 5.02 Å². The van der Waals surface area contributed by atoms with E-state index in [-0.39, 0.29) is 6.10 Å². The normalized spacial score (nSPS) is 32.6. The number of aliphatic hydroxyl groups is 1. The Morgan fingerprint density at radius 2 is 1.94 bits per heavy atom. The van der Waals surface area contributed by atoms with Gasteiger partial charge in [0, 0.05) is 10.3 Å². The predicted octanol–water partition coefficient (Wildman–Crippen LogP) is 4.51. The Kier molecular flexibility index (Phi) is 3.93. The third kappa shape index (κ3) is 2.79. The Labute approximate surface area is 106 Å². The molecule has 1 fully saturated rings. The number of rotatable bonds is 2. The summed E-state index contributed by atoms with van der Waals surface area (Å²) in [5.74, 6) is 1.88. The first-order chi connectivity index (χ1) is 7.56. The molecule has 0 radical (unpaired) electrons. The van der Waals surface area contributed by atoms with Crippen LogP contribution in [0.1, 0.15) is 44.1 Å². The minimum absolute atomic E-state index is 0.317. The van der Waals surface area contributed by atoms with Gasteiger partial charge >= 0.3 is 0 Å². The first-order valence-electron chi connectivity index (χ1n) is 5.98. The zero-order valence-corrected chi connectivity index (χ0v) is 11.4. The fraction of sp³-hybridized carbons (Fsp3) is 0.692. The number of hydrogen-bond donors (Lipinski definition) is 1. The lowest BCUT2D eigenvalue weighted by molar-refractivity contribution is 0.0577. The van der Waals surface area contributed by atoms with Crippen LogP contribution in [0.15, 0.2) is 11.4 Å². The molecule has 1 aromatic rings. The van der Waals surface area contributed by atoms with E-state index in [1.807, 2.05) is 11.4 Å². The van der Waals surface area contributed by atoms with Crippen LogP contribution in [0.4, 0.5) is 0 Å². The Morgan fingerprint density at radius 1 is 1.31 bits per heavy atom. The summed E-state index contributed by atoms with van der Waals surface area (Å²) in [6.07, 6.45) is 3.26.